The molecule has 2 nitrogen and oxygen atoms in total. The lowest BCUT2D eigenvalue weighted by atomic mass is 9.96. The fourth-order valence-electron chi connectivity index (χ4n) is 2.76. The highest BCUT2D eigenvalue weighted by atomic mass is 35.5. The first kappa shape index (κ1) is 18.7. The SMILES string of the molecule is CCC[C@H](c1ccccc1C)N1CCNCC1.Cl.Cl. The highest BCUT2D eigenvalue weighted by Crippen LogP contribution is 2.28. The zero-order chi connectivity index (χ0) is 12.1. The fourth-order valence-corrected chi connectivity index (χ4v) is 2.76. The van der Waals surface area contributed by atoms with Gasteiger partial charge in [0, 0.05) is 32.2 Å². The third-order valence-electron chi connectivity index (χ3n) is 3.70. The molecule has 0 aliphatic carbocycles. The maximum atomic E-state index is 3.44. The zero-order valence-corrected chi connectivity index (χ0v) is 13.5. The van der Waals surface area contributed by atoms with E-state index < -0.39 is 0 Å². The average Bonchev–Trinajstić information content (AvgIpc) is 2.38. The van der Waals surface area contributed by atoms with E-state index in [1.54, 1.807) is 0 Å². The Morgan fingerprint density at radius 2 is 1.79 bits per heavy atom. The van der Waals surface area contributed by atoms with Crippen molar-refractivity contribution in [2.75, 3.05) is 26.2 Å². The van der Waals surface area contributed by atoms with Crippen LogP contribution in [0.3, 0.4) is 0 Å². The van der Waals surface area contributed by atoms with E-state index in [1.807, 2.05) is 0 Å². The van der Waals surface area contributed by atoms with Crippen molar-refractivity contribution in [1.29, 1.82) is 0 Å². The minimum atomic E-state index is 0. The molecule has 0 radical (unpaired) electrons. The average molecular weight is 305 g/mol. The van der Waals surface area contributed by atoms with Crippen LogP contribution in [0.2, 0.25) is 0 Å². The van der Waals surface area contributed by atoms with Crippen LogP contribution in [0, 0.1) is 6.92 Å². The molecule has 1 N–H and O–H groups in total. The Balaban J connectivity index is 0.00000162. The van der Waals surface area contributed by atoms with Gasteiger partial charge in [0.2, 0.25) is 0 Å². The second kappa shape index (κ2) is 9.60. The molecule has 1 atom stereocenters. The number of rotatable bonds is 4. The van der Waals surface area contributed by atoms with Gasteiger partial charge >= 0.3 is 0 Å². The Labute approximate surface area is 129 Å². The van der Waals surface area contributed by atoms with Crippen LogP contribution < -0.4 is 5.32 Å². The number of benzene rings is 1. The molecular weight excluding hydrogens is 279 g/mol. The van der Waals surface area contributed by atoms with Crippen molar-refractivity contribution in [3.05, 3.63) is 35.4 Å². The minimum absolute atomic E-state index is 0. The molecule has 110 valence electrons. The highest BCUT2D eigenvalue weighted by molar-refractivity contribution is 5.85. The fraction of sp³-hybridized carbons (Fsp3) is 0.600. The zero-order valence-electron chi connectivity index (χ0n) is 11.9. The van der Waals surface area contributed by atoms with Crippen molar-refractivity contribution < 1.29 is 0 Å². The molecule has 1 aliphatic heterocycles. The van der Waals surface area contributed by atoms with Gasteiger partial charge in [-0.2, -0.15) is 0 Å². The monoisotopic (exact) mass is 304 g/mol. The van der Waals surface area contributed by atoms with E-state index in [0.29, 0.717) is 6.04 Å². The topological polar surface area (TPSA) is 15.3 Å². The van der Waals surface area contributed by atoms with Crippen LogP contribution in [0.25, 0.3) is 0 Å². The molecule has 1 aromatic rings. The molecule has 0 bridgehead atoms. The standard InChI is InChI=1S/C15H24N2.2ClH/c1-3-6-15(17-11-9-16-10-12-17)14-8-5-4-7-13(14)2;;/h4-5,7-8,15-16H,3,6,9-12H2,1-2H3;2*1H/t15-;;/m1../s1. The second-order valence-corrected chi connectivity index (χ2v) is 4.95. The van der Waals surface area contributed by atoms with Gasteiger partial charge in [0.25, 0.3) is 0 Å². The number of hydrogen-bond donors (Lipinski definition) is 1. The Bertz CT molecular complexity index is 352. The molecule has 0 amide bonds. The normalized spacial score (nSPS) is 17.2. The van der Waals surface area contributed by atoms with Crippen molar-refractivity contribution in [2.24, 2.45) is 0 Å². The van der Waals surface area contributed by atoms with Crippen molar-refractivity contribution in [3.8, 4) is 0 Å². The summed E-state index contributed by atoms with van der Waals surface area (Å²) in [6.07, 6.45) is 2.52. The molecule has 1 aliphatic rings. The van der Waals surface area contributed by atoms with E-state index in [0.717, 1.165) is 13.1 Å². The summed E-state index contributed by atoms with van der Waals surface area (Å²) in [5, 5.41) is 3.44. The maximum Gasteiger partial charge on any atom is 0.0351 e. The summed E-state index contributed by atoms with van der Waals surface area (Å²) in [5.41, 5.74) is 2.96. The first-order valence-electron chi connectivity index (χ1n) is 6.83. The van der Waals surface area contributed by atoms with Gasteiger partial charge in [0.15, 0.2) is 0 Å². The van der Waals surface area contributed by atoms with Gasteiger partial charge in [-0.25, -0.2) is 0 Å². The van der Waals surface area contributed by atoms with Gasteiger partial charge in [0.05, 0.1) is 0 Å². The molecule has 1 saturated heterocycles. The minimum Gasteiger partial charge on any atom is -0.314 e. The lowest BCUT2D eigenvalue weighted by Gasteiger charge is -2.36. The number of piperazine rings is 1. The van der Waals surface area contributed by atoms with Crippen LogP contribution in [-0.4, -0.2) is 31.1 Å². The van der Waals surface area contributed by atoms with Gasteiger partial charge < -0.3 is 5.32 Å². The third kappa shape index (κ3) is 4.96. The summed E-state index contributed by atoms with van der Waals surface area (Å²) < 4.78 is 0. The van der Waals surface area contributed by atoms with Gasteiger partial charge in [-0.05, 0) is 24.5 Å². The molecule has 0 unspecified atom stereocenters. The summed E-state index contributed by atoms with van der Waals surface area (Å²) in [6.45, 7) is 9.14. The molecule has 0 spiro atoms. The first-order valence-corrected chi connectivity index (χ1v) is 6.83. The van der Waals surface area contributed by atoms with Gasteiger partial charge in [-0.3, -0.25) is 4.90 Å². The van der Waals surface area contributed by atoms with E-state index in [4.69, 9.17) is 0 Å². The summed E-state index contributed by atoms with van der Waals surface area (Å²) in [7, 11) is 0. The predicted octanol–water partition coefficient (Wildman–Crippen LogP) is 3.59. The Hall–Kier alpha value is -0.280. The summed E-state index contributed by atoms with van der Waals surface area (Å²) in [5.74, 6) is 0. The molecule has 19 heavy (non-hydrogen) atoms. The third-order valence-corrected chi connectivity index (χ3v) is 3.70. The maximum absolute atomic E-state index is 3.44. The lowest BCUT2D eigenvalue weighted by Crippen LogP contribution is -2.45. The molecule has 0 saturated carbocycles. The molecular formula is C15H26Cl2N2. The van der Waals surface area contributed by atoms with Crippen LogP contribution in [0.4, 0.5) is 0 Å². The number of hydrogen-bond acceptors (Lipinski definition) is 2. The quantitative estimate of drug-likeness (QED) is 0.914. The van der Waals surface area contributed by atoms with E-state index in [9.17, 15) is 0 Å². The Morgan fingerprint density at radius 3 is 2.37 bits per heavy atom. The number of nitrogens with zero attached hydrogens (tertiary/aromatic N) is 1. The molecule has 4 heteroatoms. The molecule has 1 fully saturated rings. The summed E-state index contributed by atoms with van der Waals surface area (Å²) in [4.78, 5) is 2.64. The van der Waals surface area contributed by atoms with Crippen LogP contribution in [-0.2, 0) is 0 Å². The number of aryl methyl sites for hydroxylation is 1. The van der Waals surface area contributed by atoms with Crippen molar-refractivity contribution in [1.82, 2.24) is 10.2 Å². The van der Waals surface area contributed by atoms with Gasteiger partial charge in [-0.15, -0.1) is 24.8 Å². The van der Waals surface area contributed by atoms with E-state index in [1.165, 1.54) is 37.1 Å². The van der Waals surface area contributed by atoms with Crippen molar-refractivity contribution >= 4 is 24.8 Å². The summed E-state index contributed by atoms with van der Waals surface area (Å²) >= 11 is 0. The van der Waals surface area contributed by atoms with E-state index in [2.05, 4.69) is 48.3 Å². The highest BCUT2D eigenvalue weighted by Gasteiger charge is 2.22. The van der Waals surface area contributed by atoms with E-state index >= 15 is 0 Å². The predicted molar refractivity (Wildman–Crippen MR) is 87.8 cm³/mol. The van der Waals surface area contributed by atoms with Crippen LogP contribution in [0.15, 0.2) is 24.3 Å². The van der Waals surface area contributed by atoms with Crippen LogP contribution in [0.5, 0.6) is 0 Å². The Morgan fingerprint density at radius 1 is 1.16 bits per heavy atom. The van der Waals surface area contributed by atoms with Crippen LogP contribution >= 0.6 is 24.8 Å². The number of halogens is 2. The second-order valence-electron chi connectivity index (χ2n) is 4.95. The Kier molecular flexibility index (Phi) is 9.46. The molecule has 0 aromatic heterocycles. The lowest BCUT2D eigenvalue weighted by molar-refractivity contribution is 0.164. The van der Waals surface area contributed by atoms with Gasteiger partial charge in [-0.1, -0.05) is 37.6 Å². The largest absolute Gasteiger partial charge is 0.314 e. The molecule has 1 aromatic carbocycles. The molecule has 2 rings (SSSR count). The summed E-state index contributed by atoms with van der Waals surface area (Å²) in [6, 6.07) is 9.47. The van der Waals surface area contributed by atoms with E-state index in [-0.39, 0.29) is 24.8 Å². The molecule has 1 heterocycles. The number of nitrogens with one attached hydrogen (secondary N) is 1. The first-order chi connectivity index (χ1) is 8.33. The van der Waals surface area contributed by atoms with Crippen molar-refractivity contribution in [2.45, 2.75) is 32.7 Å². The van der Waals surface area contributed by atoms with Crippen molar-refractivity contribution in [3.63, 3.8) is 0 Å². The van der Waals surface area contributed by atoms with Gasteiger partial charge in [0.1, 0.15) is 0 Å². The van der Waals surface area contributed by atoms with Crippen LogP contribution in [0.1, 0.15) is 36.9 Å². The smallest absolute Gasteiger partial charge is 0.0351 e.